The SMILES string of the molecule is CCCC(NS(=O)(=O)C(C)(C)C)C(=O)O. The van der Waals surface area contributed by atoms with Crippen molar-refractivity contribution in [2.45, 2.75) is 51.3 Å². The highest BCUT2D eigenvalue weighted by Gasteiger charge is 2.33. The monoisotopic (exact) mass is 237 g/mol. The van der Waals surface area contributed by atoms with Gasteiger partial charge in [0.05, 0.1) is 4.75 Å². The Labute approximate surface area is 90.9 Å². The van der Waals surface area contributed by atoms with E-state index in [1.165, 1.54) is 20.8 Å². The fourth-order valence-electron chi connectivity index (χ4n) is 0.886. The molecular weight excluding hydrogens is 218 g/mol. The highest BCUT2D eigenvalue weighted by Crippen LogP contribution is 2.14. The average molecular weight is 237 g/mol. The summed E-state index contributed by atoms with van der Waals surface area (Å²) >= 11 is 0. The summed E-state index contributed by atoms with van der Waals surface area (Å²) in [6, 6.07) is -1.03. The normalized spacial score (nSPS) is 14.9. The van der Waals surface area contributed by atoms with Crippen molar-refractivity contribution in [3.05, 3.63) is 0 Å². The molecule has 0 saturated carbocycles. The van der Waals surface area contributed by atoms with Crippen molar-refractivity contribution in [2.24, 2.45) is 0 Å². The van der Waals surface area contributed by atoms with Gasteiger partial charge in [0, 0.05) is 0 Å². The van der Waals surface area contributed by atoms with Crippen LogP contribution in [0.3, 0.4) is 0 Å². The van der Waals surface area contributed by atoms with Gasteiger partial charge in [-0.05, 0) is 27.2 Å². The minimum Gasteiger partial charge on any atom is -0.480 e. The Kier molecular flexibility index (Phi) is 4.73. The lowest BCUT2D eigenvalue weighted by Gasteiger charge is -2.22. The van der Waals surface area contributed by atoms with Crippen LogP contribution in [-0.4, -0.2) is 30.3 Å². The molecule has 0 aromatic heterocycles. The van der Waals surface area contributed by atoms with Gasteiger partial charge in [-0.2, -0.15) is 0 Å². The van der Waals surface area contributed by atoms with Gasteiger partial charge in [-0.3, -0.25) is 4.79 Å². The number of aliphatic carboxylic acids is 1. The third kappa shape index (κ3) is 4.17. The molecule has 2 N–H and O–H groups in total. The van der Waals surface area contributed by atoms with Gasteiger partial charge >= 0.3 is 5.97 Å². The van der Waals surface area contributed by atoms with E-state index >= 15 is 0 Å². The minimum atomic E-state index is -3.60. The number of carbonyl (C=O) groups is 1. The fourth-order valence-corrected chi connectivity index (χ4v) is 1.83. The fraction of sp³-hybridized carbons (Fsp3) is 0.889. The van der Waals surface area contributed by atoms with E-state index in [1.807, 2.05) is 0 Å². The van der Waals surface area contributed by atoms with Crippen LogP contribution in [0, 0.1) is 0 Å². The third-order valence-corrected chi connectivity index (χ3v) is 4.19. The molecule has 90 valence electrons. The first-order valence-electron chi connectivity index (χ1n) is 4.86. The zero-order chi connectivity index (χ0) is 12.3. The molecular formula is C9H19NO4S. The molecule has 0 aromatic rings. The molecule has 1 unspecified atom stereocenters. The van der Waals surface area contributed by atoms with Crippen LogP contribution in [0.2, 0.25) is 0 Å². The second-order valence-electron chi connectivity index (χ2n) is 4.41. The second-order valence-corrected chi connectivity index (χ2v) is 6.88. The van der Waals surface area contributed by atoms with Gasteiger partial charge in [0.15, 0.2) is 0 Å². The maximum absolute atomic E-state index is 11.7. The van der Waals surface area contributed by atoms with Gasteiger partial charge in [-0.15, -0.1) is 0 Å². The molecule has 0 amide bonds. The number of rotatable bonds is 5. The van der Waals surface area contributed by atoms with Crippen molar-refractivity contribution in [3.63, 3.8) is 0 Å². The van der Waals surface area contributed by atoms with Crippen molar-refractivity contribution in [1.82, 2.24) is 4.72 Å². The molecule has 0 rings (SSSR count). The van der Waals surface area contributed by atoms with Crippen molar-refractivity contribution in [1.29, 1.82) is 0 Å². The van der Waals surface area contributed by atoms with E-state index in [1.54, 1.807) is 6.92 Å². The molecule has 0 aliphatic carbocycles. The van der Waals surface area contributed by atoms with E-state index in [-0.39, 0.29) is 0 Å². The Morgan fingerprint density at radius 1 is 1.40 bits per heavy atom. The lowest BCUT2D eigenvalue weighted by Crippen LogP contribution is -2.47. The van der Waals surface area contributed by atoms with E-state index in [4.69, 9.17) is 5.11 Å². The third-order valence-electron chi connectivity index (χ3n) is 1.98. The summed E-state index contributed by atoms with van der Waals surface area (Å²) in [5.41, 5.74) is 0. The maximum atomic E-state index is 11.7. The van der Waals surface area contributed by atoms with E-state index in [2.05, 4.69) is 4.72 Å². The zero-order valence-electron chi connectivity index (χ0n) is 9.57. The molecule has 0 aliphatic rings. The second kappa shape index (κ2) is 4.94. The average Bonchev–Trinajstić information content (AvgIpc) is 2.00. The molecule has 15 heavy (non-hydrogen) atoms. The standard InChI is InChI=1S/C9H19NO4S/c1-5-6-7(8(11)12)10-15(13,14)9(2,3)4/h7,10H,5-6H2,1-4H3,(H,11,12). The van der Waals surface area contributed by atoms with Gasteiger partial charge < -0.3 is 5.11 Å². The van der Waals surface area contributed by atoms with Gasteiger partial charge in [0.25, 0.3) is 0 Å². The Morgan fingerprint density at radius 3 is 2.13 bits per heavy atom. The first-order chi connectivity index (χ1) is 6.62. The van der Waals surface area contributed by atoms with Crippen LogP contribution >= 0.6 is 0 Å². The Bertz CT molecular complexity index is 315. The molecule has 0 aliphatic heterocycles. The van der Waals surface area contributed by atoms with E-state index < -0.39 is 26.8 Å². The molecule has 5 nitrogen and oxygen atoms in total. The lowest BCUT2D eigenvalue weighted by molar-refractivity contribution is -0.139. The number of hydrogen-bond donors (Lipinski definition) is 2. The maximum Gasteiger partial charge on any atom is 0.321 e. The molecule has 0 spiro atoms. The van der Waals surface area contributed by atoms with Crippen molar-refractivity contribution < 1.29 is 18.3 Å². The summed E-state index contributed by atoms with van der Waals surface area (Å²) in [6.07, 6.45) is 0.911. The topological polar surface area (TPSA) is 83.5 Å². The summed E-state index contributed by atoms with van der Waals surface area (Å²) in [5.74, 6) is -1.13. The predicted molar refractivity (Wildman–Crippen MR) is 58.1 cm³/mol. The largest absolute Gasteiger partial charge is 0.480 e. The van der Waals surface area contributed by atoms with Gasteiger partial charge in [-0.25, -0.2) is 13.1 Å². The van der Waals surface area contributed by atoms with Gasteiger partial charge in [0.2, 0.25) is 10.0 Å². The highest BCUT2D eigenvalue weighted by atomic mass is 32.2. The summed E-state index contributed by atoms with van der Waals surface area (Å²) in [7, 11) is -3.60. The van der Waals surface area contributed by atoms with E-state index in [0.29, 0.717) is 12.8 Å². The summed E-state index contributed by atoms with van der Waals surface area (Å²) < 4.78 is 24.5. The van der Waals surface area contributed by atoms with Crippen molar-refractivity contribution in [3.8, 4) is 0 Å². The van der Waals surface area contributed by atoms with Crippen LogP contribution in [0.15, 0.2) is 0 Å². The summed E-state index contributed by atoms with van der Waals surface area (Å²) in [4.78, 5) is 10.8. The number of hydrogen-bond acceptors (Lipinski definition) is 3. The molecule has 6 heteroatoms. The number of sulfonamides is 1. The first-order valence-corrected chi connectivity index (χ1v) is 6.35. The Hall–Kier alpha value is -0.620. The molecule has 0 aromatic carbocycles. The van der Waals surface area contributed by atoms with Crippen molar-refractivity contribution in [2.75, 3.05) is 0 Å². The van der Waals surface area contributed by atoms with Crippen LogP contribution in [0.1, 0.15) is 40.5 Å². The Balaban J connectivity index is 4.76. The van der Waals surface area contributed by atoms with E-state index in [9.17, 15) is 13.2 Å². The Morgan fingerprint density at radius 2 is 1.87 bits per heavy atom. The molecule has 0 heterocycles. The molecule has 0 bridgehead atoms. The molecule has 0 radical (unpaired) electrons. The first kappa shape index (κ1) is 14.4. The van der Waals surface area contributed by atoms with Crippen LogP contribution in [0.4, 0.5) is 0 Å². The summed E-state index contributed by atoms with van der Waals surface area (Å²) in [6.45, 7) is 6.39. The predicted octanol–water partition coefficient (Wildman–Crippen LogP) is 0.958. The highest BCUT2D eigenvalue weighted by molar-refractivity contribution is 7.90. The molecule has 0 fully saturated rings. The van der Waals surface area contributed by atoms with Crippen LogP contribution in [0.25, 0.3) is 0 Å². The number of nitrogens with one attached hydrogen (secondary N) is 1. The molecule has 0 saturated heterocycles. The number of carboxylic acids is 1. The van der Waals surface area contributed by atoms with Gasteiger partial charge in [-0.1, -0.05) is 13.3 Å². The molecule has 1 atom stereocenters. The minimum absolute atomic E-state index is 0.296. The number of carboxylic acid groups (broad SMARTS) is 1. The van der Waals surface area contributed by atoms with Crippen LogP contribution in [-0.2, 0) is 14.8 Å². The van der Waals surface area contributed by atoms with Crippen molar-refractivity contribution >= 4 is 16.0 Å². The smallest absolute Gasteiger partial charge is 0.321 e. The van der Waals surface area contributed by atoms with Gasteiger partial charge in [0.1, 0.15) is 6.04 Å². The lowest BCUT2D eigenvalue weighted by atomic mass is 10.2. The summed E-state index contributed by atoms with van der Waals surface area (Å²) in [5, 5.41) is 8.81. The van der Waals surface area contributed by atoms with E-state index in [0.717, 1.165) is 0 Å². The zero-order valence-corrected chi connectivity index (χ0v) is 10.4. The van der Waals surface area contributed by atoms with Crippen LogP contribution < -0.4 is 4.72 Å². The van der Waals surface area contributed by atoms with Crippen LogP contribution in [0.5, 0.6) is 0 Å². The quantitative estimate of drug-likeness (QED) is 0.746.